The molecule has 0 fully saturated rings. The predicted molar refractivity (Wildman–Crippen MR) is 66.0 cm³/mol. The smallest absolute Gasteiger partial charge is 0.0640 e. The van der Waals surface area contributed by atoms with Crippen LogP contribution in [0.4, 0.5) is 0 Å². The van der Waals surface area contributed by atoms with Gasteiger partial charge in [0.15, 0.2) is 0 Å². The molecule has 0 spiro atoms. The van der Waals surface area contributed by atoms with Gasteiger partial charge in [0.1, 0.15) is 0 Å². The maximum atomic E-state index is 9.76. The standard InChI is InChI=1S/C11H13Cl3O/c1-6(2)10(15)5-7-8(12)3-4-9(13)11(7)14/h3-4,6,10,15H,5H2,1-2H3. The highest BCUT2D eigenvalue weighted by molar-refractivity contribution is 6.44. The van der Waals surface area contributed by atoms with Crippen molar-refractivity contribution in [3.63, 3.8) is 0 Å². The Balaban J connectivity index is 2.98. The third kappa shape index (κ3) is 3.25. The highest BCUT2D eigenvalue weighted by atomic mass is 35.5. The average Bonchev–Trinajstić information content (AvgIpc) is 2.18. The lowest BCUT2D eigenvalue weighted by Crippen LogP contribution is -2.18. The Morgan fingerprint density at radius 2 is 1.67 bits per heavy atom. The monoisotopic (exact) mass is 266 g/mol. The number of aliphatic hydroxyl groups excluding tert-OH is 1. The molecule has 1 rings (SSSR count). The summed E-state index contributed by atoms with van der Waals surface area (Å²) < 4.78 is 0. The van der Waals surface area contributed by atoms with E-state index >= 15 is 0 Å². The van der Waals surface area contributed by atoms with E-state index in [4.69, 9.17) is 34.8 Å². The van der Waals surface area contributed by atoms with Crippen molar-refractivity contribution >= 4 is 34.8 Å². The quantitative estimate of drug-likeness (QED) is 0.814. The number of halogens is 3. The lowest BCUT2D eigenvalue weighted by Gasteiger charge is -2.16. The molecule has 0 aliphatic heterocycles. The van der Waals surface area contributed by atoms with Gasteiger partial charge in [-0.2, -0.15) is 0 Å². The van der Waals surface area contributed by atoms with E-state index in [9.17, 15) is 5.11 Å². The molecule has 0 aliphatic carbocycles. The first-order valence-corrected chi connectivity index (χ1v) is 5.87. The molecule has 1 aromatic rings. The van der Waals surface area contributed by atoms with Crippen LogP contribution in [0.15, 0.2) is 12.1 Å². The first kappa shape index (κ1) is 13.1. The molecule has 1 nitrogen and oxygen atoms in total. The Bertz CT molecular complexity index is 350. The van der Waals surface area contributed by atoms with E-state index in [1.165, 1.54) is 0 Å². The van der Waals surface area contributed by atoms with Gasteiger partial charge in [-0.05, 0) is 23.6 Å². The summed E-state index contributed by atoms with van der Waals surface area (Å²) in [6, 6.07) is 3.34. The molecule has 1 aromatic carbocycles. The number of hydrogen-bond donors (Lipinski definition) is 1. The zero-order valence-corrected chi connectivity index (χ0v) is 10.9. The Hall–Kier alpha value is 0.0500. The van der Waals surface area contributed by atoms with Gasteiger partial charge >= 0.3 is 0 Å². The van der Waals surface area contributed by atoms with Crippen LogP contribution in [0.2, 0.25) is 15.1 Å². The largest absolute Gasteiger partial charge is 0.393 e. The lowest BCUT2D eigenvalue weighted by atomic mass is 9.99. The molecule has 0 aliphatic rings. The van der Waals surface area contributed by atoms with Gasteiger partial charge < -0.3 is 5.11 Å². The minimum absolute atomic E-state index is 0.163. The molecule has 1 N–H and O–H groups in total. The summed E-state index contributed by atoms with van der Waals surface area (Å²) in [4.78, 5) is 0. The highest BCUT2D eigenvalue weighted by Gasteiger charge is 2.16. The molecule has 4 heteroatoms. The summed E-state index contributed by atoms with van der Waals surface area (Å²) in [5.41, 5.74) is 0.715. The van der Waals surface area contributed by atoms with Crippen molar-refractivity contribution < 1.29 is 5.11 Å². The second-order valence-corrected chi connectivity index (χ2v) is 5.03. The van der Waals surface area contributed by atoms with Gasteiger partial charge in [-0.3, -0.25) is 0 Å². The Kier molecular flexibility index (Phi) is 4.72. The van der Waals surface area contributed by atoms with E-state index in [0.29, 0.717) is 27.1 Å². The van der Waals surface area contributed by atoms with Crippen LogP contribution in [0.1, 0.15) is 19.4 Å². The minimum Gasteiger partial charge on any atom is -0.393 e. The van der Waals surface area contributed by atoms with E-state index < -0.39 is 6.10 Å². The fourth-order valence-corrected chi connectivity index (χ4v) is 1.90. The summed E-state index contributed by atoms with van der Waals surface area (Å²) >= 11 is 17.9. The Labute approximate surface area is 105 Å². The van der Waals surface area contributed by atoms with Gasteiger partial charge in [0.05, 0.1) is 16.1 Å². The molecule has 0 aromatic heterocycles. The second-order valence-electron chi connectivity index (χ2n) is 3.84. The molecule has 0 heterocycles. The maximum Gasteiger partial charge on any atom is 0.0640 e. The topological polar surface area (TPSA) is 20.2 Å². The van der Waals surface area contributed by atoms with Crippen molar-refractivity contribution in [2.45, 2.75) is 26.4 Å². The van der Waals surface area contributed by atoms with Gasteiger partial charge in [0, 0.05) is 11.4 Å². The summed E-state index contributed by atoms with van der Waals surface area (Å²) in [5.74, 6) is 0.163. The molecule has 1 atom stereocenters. The molecule has 0 radical (unpaired) electrons. The average molecular weight is 268 g/mol. The van der Waals surface area contributed by atoms with Crippen LogP contribution in [-0.2, 0) is 6.42 Å². The zero-order valence-electron chi connectivity index (χ0n) is 8.60. The zero-order chi connectivity index (χ0) is 11.6. The molecule has 0 amide bonds. The molecule has 0 saturated carbocycles. The van der Waals surface area contributed by atoms with Gasteiger partial charge in [-0.1, -0.05) is 48.7 Å². The summed E-state index contributed by atoms with van der Waals surface area (Å²) in [7, 11) is 0. The third-order valence-electron chi connectivity index (χ3n) is 2.32. The SMILES string of the molecule is CC(C)C(O)Cc1c(Cl)ccc(Cl)c1Cl. The Morgan fingerprint density at radius 3 is 2.20 bits per heavy atom. The van der Waals surface area contributed by atoms with Crippen molar-refractivity contribution in [1.29, 1.82) is 0 Å². The van der Waals surface area contributed by atoms with Crippen molar-refractivity contribution in [1.82, 2.24) is 0 Å². The van der Waals surface area contributed by atoms with Gasteiger partial charge in [0.25, 0.3) is 0 Å². The number of rotatable bonds is 3. The van der Waals surface area contributed by atoms with Crippen LogP contribution in [0, 0.1) is 5.92 Å². The van der Waals surface area contributed by atoms with Gasteiger partial charge in [-0.25, -0.2) is 0 Å². The molecule has 15 heavy (non-hydrogen) atoms. The molecular formula is C11H13Cl3O. The summed E-state index contributed by atoms with van der Waals surface area (Å²) in [6.45, 7) is 3.88. The third-order valence-corrected chi connectivity index (χ3v) is 3.52. The minimum atomic E-state index is -0.460. The first-order valence-electron chi connectivity index (χ1n) is 4.74. The van der Waals surface area contributed by atoms with E-state index in [2.05, 4.69) is 0 Å². The highest BCUT2D eigenvalue weighted by Crippen LogP contribution is 2.32. The number of hydrogen-bond acceptors (Lipinski definition) is 1. The molecule has 0 bridgehead atoms. The van der Waals surface area contributed by atoms with E-state index in [1.807, 2.05) is 13.8 Å². The van der Waals surface area contributed by atoms with Crippen LogP contribution in [0.3, 0.4) is 0 Å². The molecule has 0 saturated heterocycles. The van der Waals surface area contributed by atoms with Crippen LogP contribution >= 0.6 is 34.8 Å². The van der Waals surface area contributed by atoms with E-state index in [0.717, 1.165) is 0 Å². The number of aliphatic hydroxyl groups is 1. The summed E-state index contributed by atoms with van der Waals surface area (Å²) in [6.07, 6.45) is -0.0333. The van der Waals surface area contributed by atoms with Crippen LogP contribution in [0.5, 0.6) is 0 Å². The van der Waals surface area contributed by atoms with Crippen LogP contribution < -0.4 is 0 Å². The molecule has 84 valence electrons. The predicted octanol–water partition coefficient (Wildman–Crippen LogP) is 4.21. The second kappa shape index (κ2) is 5.40. The normalized spacial score (nSPS) is 13.3. The van der Waals surface area contributed by atoms with Crippen molar-refractivity contribution in [3.05, 3.63) is 32.8 Å². The first-order chi connectivity index (χ1) is 6.93. The van der Waals surface area contributed by atoms with E-state index in [-0.39, 0.29) is 5.92 Å². The van der Waals surface area contributed by atoms with E-state index in [1.54, 1.807) is 12.1 Å². The van der Waals surface area contributed by atoms with Crippen molar-refractivity contribution in [2.24, 2.45) is 5.92 Å². The van der Waals surface area contributed by atoms with Gasteiger partial charge in [-0.15, -0.1) is 0 Å². The fourth-order valence-electron chi connectivity index (χ4n) is 1.20. The van der Waals surface area contributed by atoms with Crippen LogP contribution in [0.25, 0.3) is 0 Å². The maximum absolute atomic E-state index is 9.76. The van der Waals surface area contributed by atoms with Crippen molar-refractivity contribution in [3.8, 4) is 0 Å². The van der Waals surface area contributed by atoms with Gasteiger partial charge in [0.2, 0.25) is 0 Å². The molecular weight excluding hydrogens is 254 g/mol. The van der Waals surface area contributed by atoms with Crippen LogP contribution in [-0.4, -0.2) is 11.2 Å². The van der Waals surface area contributed by atoms with Crippen molar-refractivity contribution in [2.75, 3.05) is 0 Å². The summed E-state index contributed by atoms with van der Waals surface area (Å²) in [5, 5.41) is 11.2. The fraction of sp³-hybridized carbons (Fsp3) is 0.455. The number of benzene rings is 1. The Morgan fingerprint density at radius 1 is 1.13 bits per heavy atom. The lowest BCUT2D eigenvalue weighted by molar-refractivity contribution is 0.126. The molecule has 1 unspecified atom stereocenters.